The fraction of sp³-hybridized carbons (Fsp3) is 0.395. The Morgan fingerprint density at radius 3 is 2.13 bits per heavy atom. The minimum absolute atomic E-state index is 0.0585. The highest BCUT2D eigenvalue weighted by Crippen LogP contribution is 2.23. The van der Waals surface area contributed by atoms with Crippen molar-refractivity contribution in [3.8, 4) is 0 Å². The summed E-state index contributed by atoms with van der Waals surface area (Å²) in [5, 5.41) is 15.8. The van der Waals surface area contributed by atoms with Gasteiger partial charge in [-0.15, -0.1) is 0 Å². The van der Waals surface area contributed by atoms with Crippen LogP contribution in [-0.4, -0.2) is 87.5 Å². The van der Waals surface area contributed by atoms with Crippen LogP contribution in [0.5, 0.6) is 0 Å². The average molecular weight is 798 g/mol. The molecule has 1 heterocycles. The largest absolute Gasteiger partial charge is 0.348 e. The molecule has 0 aliphatic carbocycles. The van der Waals surface area contributed by atoms with Crippen molar-refractivity contribution in [1.82, 2.24) is 26.6 Å². The molecule has 54 heavy (non-hydrogen) atoms. The number of carbonyl (C=O) groups excluding carboxylic acids is 4. The van der Waals surface area contributed by atoms with Crippen molar-refractivity contribution in [3.63, 3.8) is 0 Å². The van der Waals surface area contributed by atoms with Gasteiger partial charge in [0.1, 0.15) is 6.04 Å². The maximum absolute atomic E-state index is 14.0. The number of hydrogen-bond donors (Lipinski definition) is 5. The normalized spacial score (nSPS) is 15.0. The summed E-state index contributed by atoms with van der Waals surface area (Å²) in [4.78, 5) is 58.0. The SMILES string of the molecule is CC(C)[C@H](NC(=O)[C@H](C)NC[C@H](Cc1ccccc1)NC(=O)c1cc(C(=O)N[C@H](C)c2cccc(Cl)c2)cc(N(C)S(C)(=O)=O)c1)C(=O)NC1=NCCS1. The molecule has 1 aliphatic rings. The highest BCUT2D eigenvalue weighted by molar-refractivity contribution is 8.14. The van der Waals surface area contributed by atoms with Crippen molar-refractivity contribution in [2.75, 3.05) is 36.5 Å². The van der Waals surface area contributed by atoms with Gasteiger partial charge >= 0.3 is 0 Å². The molecule has 4 atom stereocenters. The van der Waals surface area contributed by atoms with Crippen LogP contribution >= 0.6 is 23.4 Å². The van der Waals surface area contributed by atoms with Gasteiger partial charge in [-0.25, -0.2) is 8.42 Å². The monoisotopic (exact) mass is 797 g/mol. The lowest BCUT2D eigenvalue weighted by Crippen LogP contribution is -2.55. The number of amides is 4. The van der Waals surface area contributed by atoms with E-state index < -0.39 is 51.9 Å². The third kappa shape index (κ3) is 12.3. The summed E-state index contributed by atoms with van der Waals surface area (Å²) < 4.78 is 26.1. The number of thioether (sulfide) groups is 1. The highest BCUT2D eigenvalue weighted by Gasteiger charge is 2.28. The van der Waals surface area contributed by atoms with Gasteiger partial charge in [-0.2, -0.15) is 0 Å². The molecule has 0 saturated carbocycles. The first-order chi connectivity index (χ1) is 25.5. The lowest BCUT2D eigenvalue weighted by atomic mass is 10.0. The fourth-order valence-electron chi connectivity index (χ4n) is 5.55. The lowest BCUT2D eigenvalue weighted by Gasteiger charge is -2.26. The number of sulfonamides is 1. The molecule has 3 aromatic rings. The number of amidine groups is 1. The lowest BCUT2D eigenvalue weighted by molar-refractivity contribution is -0.130. The van der Waals surface area contributed by atoms with E-state index >= 15 is 0 Å². The minimum atomic E-state index is -3.75. The predicted molar refractivity (Wildman–Crippen MR) is 216 cm³/mol. The molecule has 290 valence electrons. The summed E-state index contributed by atoms with van der Waals surface area (Å²) in [7, 11) is -2.41. The molecule has 13 nitrogen and oxygen atoms in total. The molecule has 0 bridgehead atoms. The molecule has 0 radical (unpaired) electrons. The van der Waals surface area contributed by atoms with Crippen LogP contribution in [0.3, 0.4) is 0 Å². The van der Waals surface area contributed by atoms with Crippen molar-refractivity contribution >= 4 is 67.9 Å². The zero-order chi connectivity index (χ0) is 39.6. The van der Waals surface area contributed by atoms with Crippen LogP contribution in [-0.2, 0) is 26.0 Å². The summed E-state index contributed by atoms with van der Waals surface area (Å²) in [6.45, 7) is 7.93. The van der Waals surface area contributed by atoms with Gasteiger partial charge in [0.2, 0.25) is 21.8 Å². The summed E-state index contributed by atoms with van der Waals surface area (Å²) in [5.41, 5.74) is 1.94. The zero-order valence-corrected chi connectivity index (χ0v) is 33.6. The summed E-state index contributed by atoms with van der Waals surface area (Å²) in [5.74, 6) is -1.22. The van der Waals surface area contributed by atoms with Crippen molar-refractivity contribution in [2.24, 2.45) is 10.9 Å². The van der Waals surface area contributed by atoms with Gasteiger partial charge in [0.25, 0.3) is 11.8 Å². The number of carbonyl (C=O) groups is 4. The van der Waals surface area contributed by atoms with E-state index in [2.05, 4.69) is 31.6 Å². The van der Waals surface area contributed by atoms with Crippen LogP contribution in [0.4, 0.5) is 5.69 Å². The van der Waals surface area contributed by atoms with Crippen LogP contribution in [0.15, 0.2) is 77.8 Å². The van der Waals surface area contributed by atoms with E-state index in [1.807, 2.05) is 50.2 Å². The first-order valence-corrected chi connectivity index (χ1v) is 20.7. The Kier molecular flexibility index (Phi) is 15.1. The first-order valence-electron chi connectivity index (χ1n) is 17.5. The van der Waals surface area contributed by atoms with E-state index in [4.69, 9.17) is 11.6 Å². The molecule has 0 aromatic heterocycles. The maximum Gasteiger partial charge on any atom is 0.251 e. The molecule has 0 spiro atoms. The number of anilines is 1. The Morgan fingerprint density at radius 1 is 0.870 bits per heavy atom. The van der Waals surface area contributed by atoms with Gasteiger partial charge in [-0.1, -0.05) is 79.7 Å². The second-order valence-electron chi connectivity index (χ2n) is 13.5. The van der Waals surface area contributed by atoms with Crippen LogP contribution in [0.2, 0.25) is 5.02 Å². The molecule has 4 rings (SSSR count). The van der Waals surface area contributed by atoms with E-state index in [0.717, 1.165) is 27.4 Å². The van der Waals surface area contributed by atoms with Gasteiger partial charge in [0.15, 0.2) is 5.17 Å². The van der Waals surface area contributed by atoms with Gasteiger partial charge in [-0.3, -0.25) is 28.5 Å². The van der Waals surface area contributed by atoms with Gasteiger partial charge in [0.05, 0.1) is 30.6 Å². The Labute approximate surface area is 326 Å². The summed E-state index contributed by atoms with van der Waals surface area (Å²) in [6, 6.07) is 18.2. The van der Waals surface area contributed by atoms with Crippen molar-refractivity contribution in [1.29, 1.82) is 0 Å². The number of nitrogens with zero attached hydrogens (tertiary/aromatic N) is 2. The average Bonchev–Trinajstić information content (AvgIpc) is 3.64. The quantitative estimate of drug-likeness (QED) is 0.145. The van der Waals surface area contributed by atoms with Crippen LogP contribution in [0.25, 0.3) is 0 Å². The van der Waals surface area contributed by atoms with Gasteiger partial charge in [0, 0.05) is 41.5 Å². The van der Waals surface area contributed by atoms with Gasteiger partial charge in [-0.05, 0) is 67.6 Å². The smallest absolute Gasteiger partial charge is 0.251 e. The molecule has 16 heteroatoms. The second-order valence-corrected chi connectivity index (χ2v) is 17.0. The predicted octanol–water partition coefficient (Wildman–Crippen LogP) is 3.91. The number of nitrogens with one attached hydrogen (secondary N) is 5. The first kappa shape index (κ1) is 42.3. The van der Waals surface area contributed by atoms with Crippen molar-refractivity contribution in [2.45, 2.75) is 58.3 Å². The Bertz CT molecular complexity index is 1960. The molecule has 4 amide bonds. The number of hydrogen-bond acceptors (Lipinski definition) is 9. The Morgan fingerprint density at radius 2 is 1.54 bits per heavy atom. The van der Waals surface area contributed by atoms with Crippen molar-refractivity contribution < 1.29 is 27.6 Å². The summed E-state index contributed by atoms with van der Waals surface area (Å²) in [6.07, 6.45) is 1.41. The van der Waals surface area contributed by atoms with Crippen molar-refractivity contribution in [3.05, 3.63) is 100 Å². The van der Waals surface area contributed by atoms with E-state index in [1.54, 1.807) is 32.0 Å². The van der Waals surface area contributed by atoms with E-state index in [-0.39, 0.29) is 35.2 Å². The number of benzene rings is 3. The molecule has 0 unspecified atom stereocenters. The van der Waals surface area contributed by atoms with Crippen LogP contribution in [0.1, 0.15) is 65.6 Å². The fourth-order valence-corrected chi connectivity index (χ4v) is 6.96. The summed E-state index contributed by atoms with van der Waals surface area (Å²) >= 11 is 7.60. The van der Waals surface area contributed by atoms with Crippen LogP contribution in [0, 0.1) is 5.92 Å². The number of aliphatic imine (C=N–C) groups is 1. The molecular formula is C38H48ClN7O6S2. The zero-order valence-electron chi connectivity index (χ0n) is 31.2. The molecular weight excluding hydrogens is 750 g/mol. The minimum Gasteiger partial charge on any atom is -0.348 e. The molecule has 1 aliphatic heterocycles. The molecule has 0 saturated heterocycles. The van der Waals surface area contributed by atoms with E-state index in [0.29, 0.717) is 23.2 Å². The second kappa shape index (κ2) is 19.2. The Balaban J connectivity index is 1.53. The number of rotatable bonds is 16. The molecule has 5 N–H and O–H groups in total. The highest BCUT2D eigenvalue weighted by atomic mass is 35.5. The van der Waals surface area contributed by atoms with E-state index in [9.17, 15) is 27.6 Å². The third-order valence-corrected chi connectivity index (χ3v) is 11.1. The Hall–Kier alpha value is -4.44. The molecule has 0 fully saturated rings. The van der Waals surface area contributed by atoms with Gasteiger partial charge < -0.3 is 26.6 Å². The van der Waals surface area contributed by atoms with E-state index in [1.165, 1.54) is 37.0 Å². The topological polar surface area (TPSA) is 178 Å². The maximum atomic E-state index is 14.0. The molecule has 3 aromatic carbocycles. The standard InChI is InChI=1S/C38H48ClN7O6S2/c1-23(2)33(37(50)45-38-40-15-16-53-38)44-34(47)25(4)41-22-31(17-26-11-8-7-9-12-26)43-36(49)29-18-28(20-32(21-29)46(5)54(6,51)52)35(48)42-24(3)27-13-10-14-30(39)19-27/h7-14,18-21,23-25,31,33,41H,15-17,22H2,1-6H3,(H,42,48)(H,43,49)(H,44,47)(H,40,45,50)/t24-,25+,31+,33+/m1/s1. The number of halogens is 1. The third-order valence-electron chi connectivity index (χ3n) is 8.79. The van der Waals surface area contributed by atoms with Crippen LogP contribution < -0.4 is 30.9 Å².